The molecule has 4 nitrogen and oxygen atoms in total. The molecule has 1 aromatic rings. The van der Waals surface area contributed by atoms with Crippen LogP contribution in [-0.4, -0.2) is 17.5 Å². The zero-order valence-electron chi connectivity index (χ0n) is 11.1. The summed E-state index contributed by atoms with van der Waals surface area (Å²) in [6, 6.07) is 3.58. The highest BCUT2D eigenvalue weighted by atomic mass is 16.5. The van der Waals surface area contributed by atoms with E-state index in [-0.39, 0.29) is 5.91 Å². The molecule has 17 heavy (non-hydrogen) atoms. The third-order valence-corrected chi connectivity index (χ3v) is 2.28. The van der Waals surface area contributed by atoms with Gasteiger partial charge in [0.25, 0.3) is 0 Å². The number of carbonyl (C=O) groups is 1. The summed E-state index contributed by atoms with van der Waals surface area (Å²) in [6.07, 6.45) is 0. The molecular weight excluding hydrogens is 216 g/mol. The van der Waals surface area contributed by atoms with Crippen LogP contribution in [0.15, 0.2) is 12.1 Å². The first-order valence-corrected chi connectivity index (χ1v) is 5.76. The van der Waals surface area contributed by atoms with Gasteiger partial charge in [0.1, 0.15) is 0 Å². The number of rotatable bonds is 3. The molecule has 0 bridgehead atoms. The Balaban J connectivity index is 2.83. The minimum absolute atomic E-state index is 0.0217. The molecule has 0 spiro atoms. The van der Waals surface area contributed by atoms with E-state index in [9.17, 15) is 4.79 Å². The molecule has 94 valence electrons. The second-order valence-electron chi connectivity index (χ2n) is 4.92. The Morgan fingerprint density at radius 3 is 2.53 bits per heavy atom. The Morgan fingerprint density at radius 1 is 1.41 bits per heavy atom. The summed E-state index contributed by atoms with van der Waals surface area (Å²) in [5, 5.41) is 2.86. The molecule has 0 aliphatic rings. The number of anilines is 1. The van der Waals surface area contributed by atoms with Crippen molar-refractivity contribution in [1.82, 2.24) is 4.98 Å². The van der Waals surface area contributed by atoms with Gasteiger partial charge < -0.3 is 10.1 Å². The number of aryl methyl sites for hydroxylation is 1. The summed E-state index contributed by atoms with van der Waals surface area (Å²) >= 11 is 0. The monoisotopic (exact) mass is 236 g/mol. The van der Waals surface area contributed by atoms with Gasteiger partial charge in [0.15, 0.2) is 0 Å². The topological polar surface area (TPSA) is 51.2 Å². The molecule has 1 heterocycles. The maximum atomic E-state index is 11.8. The van der Waals surface area contributed by atoms with Crippen LogP contribution in [0.2, 0.25) is 0 Å². The molecule has 0 aliphatic carbocycles. The predicted octanol–water partition coefficient (Wildman–Crippen LogP) is 2.77. The van der Waals surface area contributed by atoms with Crippen molar-refractivity contribution in [2.75, 3.05) is 11.9 Å². The fourth-order valence-electron chi connectivity index (χ4n) is 1.21. The Labute approximate surface area is 102 Å². The Morgan fingerprint density at radius 2 is 2.06 bits per heavy atom. The molecule has 4 heteroatoms. The smallest absolute Gasteiger partial charge is 0.229 e. The van der Waals surface area contributed by atoms with E-state index in [2.05, 4.69) is 10.3 Å². The maximum Gasteiger partial charge on any atom is 0.229 e. The van der Waals surface area contributed by atoms with Gasteiger partial charge in [-0.25, -0.2) is 4.98 Å². The number of amides is 1. The molecule has 0 radical (unpaired) electrons. The predicted molar refractivity (Wildman–Crippen MR) is 68.2 cm³/mol. The molecule has 0 saturated carbocycles. The molecule has 0 fully saturated rings. The number of carbonyl (C=O) groups excluding carboxylic acids is 1. The minimum Gasteiger partial charge on any atom is -0.478 e. The lowest BCUT2D eigenvalue weighted by Gasteiger charge is -2.18. The van der Waals surface area contributed by atoms with Crippen LogP contribution in [0.4, 0.5) is 5.69 Å². The van der Waals surface area contributed by atoms with E-state index >= 15 is 0 Å². The van der Waals surface area contributed by atoms with Crippen molar-refractivity contribution in [3.05, 3.63) is 17.8 Å². The standard InChI is InChI=1S/C13H20N2O2/c1-6-17-11-8-7-10(9(2)14-11)15-12(16)13(3,4)5/h7-8H,6H2,1-5H3,(H,15,16). The van der Waals surface area contributed by atoms with Crippen LogP contribution >= 0.6 is 0 Å². The molecule has 1 amide bonds. The van der Waals surface area contributed by atoms with Gasteiger partial charge in [0.05, 0.1) is 18.0 Å². The van der Waals surface area contributed by atoms with Gasteiger partial charge in [-0.2, -0.15) is 0 Å². The summed E-state index contributed by atoms with van der Waals surface area (Å²) in [6.45, 7) is 9.96. The van der Waals surface area contributed by atoms with E-state index in [4.69, 9.17) is 4.74 Å². The van der Waals surface area contributed by atoms with Crippen molar-refractivity contribution in [2.45, 2.75) is 34.6 Å². The Hall–Kier alpha value is -1.58. The van der Waals surface area contributed by atoms with Crippen LogP contribution in [0.5, 0.6) is 5.88 Å². The lowest BCUT2D eigenvalue weighted by molar-refractivity contribution is -0.123. The SMILES string of the molecule is CCOc1ccc(NC(=O)C(C)(C)C)c(C)n1. The second-order valence-corrected chi connectivity index (χ2v) is 4.92. The first kappa shape index (κ1) is 13.5. The number of pyridine rings is 1. The molecule has 1 aromatic heterocycles. The highest BCUT2D eigenvalue weighted by molar-refractivity contribution is 5.94. The van der Waals surface area contributed by atoms with Gasteiger partial charge in [-0.3, -0.25) is 4.79 Å². The molecule has 0 saturated heterocycles. The fourth-order valence-corrected chi connectivity index (χ4v) is 1.21. The fraction of sp³-hybridized carbons (Fsp3) is 0.538. The van der Waals surface area contributed by atoms with Crippen LogP contribution < -0.4 is 10.1 Å². The van der Waals surface area contributed by atoms with Crippen LogP contribution in [-0.2, 0) is 4.79 Å². The van der Waals surface area contributed by atoms with Crippen LogP contribution in [0.25, 0.3) is 0 Å². The Bertz CT molecular complexity index is 408. The minimum atomic E-state index is -0.412. The number of nitrogens with zero attached hydrogens (tertiary/aromatic N) is 1. The average molecular weight is 236 g/mol. The number of nitrogens with one attached hydrogen (secondary N) is 1. The Kier molecular flexibility index (Phi) is 4.10. The molecule has 1 rings (SSSR count). The number of aromatic nitrogens is 1. The highest BCUT2D eigenvalue weighted by Crippen LogP contribution is 2.21. The zero-order chi connectivity index (χ0) is 13.1. The first-order chi connectivity index (χ1) is 7.84. The van der Waals surface area contributed by atoms with Crippen LogP contribution in [0.3, 0.4) is 0 Å². The van der Waals surface area contributed by atoms with Crippen molar-refractivity contribution in [3.8, 4) is 5.88 Å². The molecule has 0 aromatic carbocycles. The largest absolute Gasteiger partial charge is 0.478 e. The summed E-state index contributed by atoms with van der Waals surface area (Å²) < 4.78 is 5.29. The highest BCUT2D eigenvalue weighted by Gasteiger charge is 2.21. The summed E-state index contributed by atoms with van der Waals surface area (Å²) in [7, 11) is 0. The summed E-state index contributed by atoms with van der Waals surface area (Å²) in [5.41, 5.74) is 1.08. The van der Waals surface area contributed by atoms with E-state index in [1.807, 2.05) is 40.7 Å². The van der Waals surface area contributed by atoms with Crippen molar-refractivity contribution >= 4 is 11.6 Å². The normalized spacial score (nSPS) is 11.1. The maximum absolute atomic E-state index is 11.8. The van der Waals surface area contributed by atoms with E-state index in [1.165, 1.54) is 0 Å². The first-order valence-electron chi connectivity index (χ1n) is 5.76. The van der Waals surface area contributed by atoms with E-state index in [0.29, 0.717) is 12.5 Å². The number of hydrogen-bond donors (Lipinski definition) is 1. The lowest BCUT2D eigenvalue weighted by atomic mass is 9.95. The van der Waals surface area contributed by atoms with E-state index in [0.717, 1.165) is 11.4 Å². The van der Waals surface area contributed by atoms with Crippen LogP contribution in [0.1, 0.15) is 33.4 Å². The summed E-state index contributed by atoms with van der Waals surface area (Å²) in [5.74, 6) is 0.560. The quantitative estimate of drug-likeness (QED) is 0.878. The number of hydrogen-bond acceptors (Lipinski definition) is 3. The van der Waals surface area contributed by atoms with Crippen molar-refractivity contribution in [2.24, 2.45) is 5.41 Å². The lowest BCUT2D eigenvalue weighted by Crippen LogP contribution is -2.28. The van der Waals surface area contributed by atoms with Gasteiger partial charge in [0.2, 0.25) is 11.8 Å². The molecule has 0 unspecified atom stereocenters. The summed E-state index contributed by atoms with van der Waals surface area (Å²) in [4.78, 5) is 16.1. The number of ether oxygens (including phenoxy) is 1. The second kappa shape index (κ2) is 5.17. The molecular formula is C13H20N2O2. The van der Waals surface area contributed by atoms with Gasteiger partial charge >= 0.3 is 0 Å². The van der Waals surface area contributed by atoms with Crippen molar-refractivity contribution < 1.29 is 9.53 Å². The van der Waals surface area contributed by atoms with Gasteiger partial charge in [-0.1, -0.05) is 20.8 Å². The molecule has 0 aliphatic heterocycles. The third kappa shape index (κ3) is 3.73. The molecule has 1 N–H and O–H groups in total. The van der Waals surface area contributed by atoms with Crippen LogP contribution in [0, 0.1) is 12.3 Å². The zero-order valence-corrected chi connectivity index (χ0v) is 11.1. The van der Waals surface area contributed by atoms with E-state index < -0.39 is 5.41 Å². The van der Waals surface area contributed by atoms with Gasteiger partial charge in [-0.15, -0.1) is 0 Å². The average Bonchev–Trinajstić information content (AvgIpc) is 2.21. The van der Waals surface area contributed by atoms with E-state index in [1.54, 1.807) is 6.07 Å². The third-order valence-electron chi connectivity index (χ3n) is 2.28. The molecule has 0 atom stereocenters. The van der Waals surface area contributed by atoms with Crippen molar-refractivity contribution in [3.63, 3.8) is 0 Å². The van der Waals surface area contributed by atoms with Gasteiger partial charge in [-0.05, 0) is 19.9 Å². The van der Waals surface area contributed by atoms with Gasteiger partial charge in [0, 0.05) is 11.5 Å². The van der Waals surface area contributed by atoms with Crippen molar-refractivity contribution in [1.29, 1.82) is 0 Å².